The zero-order chi connectivity index (χ0) is 19.9. The Morgan fingerprint density at radius 3 is 2.48 bits per heavy atom. The van der Waals surface area contributed by atoms with Gasteiger partial charge in [0.2, 0.25) is 11.8 Å². The first-order chi connectivity index (χ1) is 12.7. The highest BCUT2D eigenvalue weighted by molar-refractivity contribution is 6.34. The molecule has 0 aliphatic carbocycles. The summed E-state index contributed by atoms with van der Waals surface area (Å²) >= 11 is 6.47. The number of hydrogen-bond donors (Lipinski definition) is 1. The summed E-state index contributed by atoms with van der Waals surface area (Å²) in [7, 11) is 5.24. The van der Waals surface area contributed by atoms with E-state index < -0.39 is 5.97 Å². The lowest BCUT2D eigenvalue weighted by Gasteiger charge is -2.15. The molecule has 0 aliphatic rings. The number of halogens is 1. The van der Waals surface area contributed by atoms with Crippen LogP contribution in [-0.4, -0.2) is 47.7 Å². The number of aromatic carboxylic acids is 1. The minimum atomic E-state index is -1.12. The van der Waals surface area contributed by atoms with Crippen LogP contribution in [0, 0.1) is 0 Å². The van der Waals surface area contributed by atoms with Crippen LogP contribution in [0.1, 0.15) is 22.1 Å². The first kappa shape index (κ1) is 18.7. The monoisotopic (exact) mass is 387 g/mol. The van der Waals surface area contributed by atoms with Crippen molar-refractivity contribution in [3.8, 4) is 17.0 Å². The lowest BCUT2D eigenvalue weighted by atomic mass is 10.0. The standard InChI is InChI=1S/C19H18ClN3O4/c1-10(24)23-9-14(19(25)26)13-7-12(15(20)8-16(13)23)11-5-6-17(22(2)3)21-18(11)27-4/h5-9H,1-4H3,(H,25,26). The molecular weight excluding hydrogens is 370 g/mol. The first-order valence-corrected chi connectivity index (χ1v) is 8.44. The molecule has 0 spiro atoms. The SMILES string of the molecule is COc1nc(N(C)C)ccc1-c1cc2c(C(=O)O)cn(C(C)=O)c2cc1Cl. The third-order valence-electron chi connectivity index (χ3n) is 4.25. The zero-order valence-corrected chi connectivity index (χ0v) is 16.0. The predicted molar refractivity (Wildman–Crippen MR) is 104 cm³/mol. The van der Waals surface area contributed by atoms with Crippen molar-refractivity contribution in [3.63, 3.8) is 0 Å². The molecular formula is C19H18ClN3O4. The number of carboxylic acid groups (broad SMARTS) is 1. The van der Waals surface area contributed by atoms with E-state index >= 15 is 0 Å². The molecule has 2 aromatic heterocycles. The first-order valence-electron chi connectivity index (χ1n) is 8.06. The highest BCUT2D eigenvalue weighted by atomic mass is 35.5. The van der Waals surface area contributed by atoms with Crippen LogP contribution in [0.2, 0.25) is 5.02 Å². The number of carboxylic acids is 1. The lowest BCUT2D eigenvalue weighted by molar-refractivity contribution is 0.0699. The Labute approximate surface area is 160 Å². The second-order valence-electron chi connectivity index (χ2n) is 6.21. The van der Waals surface area contributed by atoms with Crippen LogP contribution in [0.5, 0.6) is 5.88 Å². The number of aromatic nitrogens is 2. The molecule has 8 heteroatoms. The van der Waals surface area contributed by atoms with Crippen molar-refractivity contribution in [2.75, 3.05) is 26.1 Å². The van der Waals surface area contributed by atoms with Crippen LogP contribution < -0.4 is 9.64 Å². The van der Waals surface area contributed by atoms with Crippen molar-refractivity contribution >= 4 is 40.2 Å². The largest absolute Gasteiger partial charge is 0.480 e. The number of nitrogens with zero attached hydrogens (tertiary/aromatic N) is 3. The summed E-state index contributed by atoms with van der Waals surface area (Å²) in [6.07, 6.45) is 1.31. The van der Waals surface area contributed by atoms with Gasteiger partial charge in [0, 0.05) is 43.7 Å². The van der Waals surface area contributed by atoms with Crippen molar-refractivity contribution in [2.45, 2.75) is 6.92 Å². The number of carbonyl (C=O) groups excluding carboxylic acids is 1. The van der Waals surface area contributed by atoms with Gasteiger partial charge in [0.25, 0.3) is 0 Å². The second-order valence-corrected chi connectivity index (χ2v) is 6.61. The van der Waals surface area contributed by atoms with Crippen LogP contribution in [0.15, 0.2) is 30.5 Å². The van der Waals surface area contributed by atoms with E-state index in [9.17, 15) is 14.7 Å². The van der Waals surface area contributed by atoms with Gasteiger partial charge in [0.15, 0.2) is 0 Å². The number of anilines is 1. The van der Waals surface area contributed by atoms with Crippen molar-refractivity contribution in [1.29, 1.82) is 0 Å². The Morgan fingerprint density at radius 2 is 1.93 bits per heavy atom. The number of methoxy groups -OCH3 is 1. The maximum atomic E-state index is 11.9. The summed E-state index contributed by atoms with van der Waals surface area (Å²) in [6.45, 7) is 1.36. The molecule has 3 aromatic rings. The minimum absolute atomic E-state index is 0.0231. The van der Waals surface area contributed by atoms with Gasteiger partial charge in [-0.1, -0.05) is 11.6 Å². The Balaban J connectivity index is 2.30. The second kappa shape index (κ2) is 6.92. The molecule has 0 fully saturated rings. The average Bonchev–Trinajstić information content (AvgIpc) is 2.99. The number of ether oxygens (including phenoxy) is 1. The fourth-order valence-electron chi connectivity index (χ4n) is 2.92. The van der Waals surface area contributed by atoms with E-state index in [1.807, 2.05) is 31.1 Å². The number of carbonyl (C=O) groups is 2. The molecule has 0 saturated carbocycles. The van der Waals surface area contributed by atoms with Crippen molar-refractivity contribution < 1.29 is 19.4 Å². The third-order valence-corrected chi connectivity index (χ3v) is 4.56. The summed E-state index contributed by atoms with van der Waals surface area (Å²) in [5.74, 6) is -0.348. The van der Waals surface area contributed by atoms with Gasteiger partial charge < -0.3 is 14.7 Å². The molecule has 2 heterocycles. The third kappa shape index (κ3) is 3.21. The Bertz CT molecular complexity index is 1070. The zero-order valence-electron chi connectivity index (χ0n) is 15.3. The number of benzene rings is 1. The van der Waals surface area contributed by atoms with Gasteiger partial charge >= 0.3 is 5.97 Å². The molecule has 3 rings (SSSR count). The van der Waals surface area contributed by atoms with E-state index in [1.165, 1.54) is 24.8 Å². The summed E-state index contributed by atoms with van der Waals surface area (Å²) in [4.78, 5) is 29.8. The molecule has 1 aromatic carbocycles. The van der Waals surface area contributed by atoms with E-state index in [4.69, 9.17) is 16.3 Å². The van der Waals surface area contributed by atoms with Gasteiger partial charge in [-0.3, -0.25) is 9.36 Å². The molecule has 0 bridgehead atoms. The van der Waals surface area contributed by atoms with E-state index in [-0.39, 0.29) is 11.5 Å². The van der Waals surface area contributed by atoms with E-state index in [0.717, 1.165) is 0 Å². The molecule has 27 heavy (non-hydrogen) atoms. The highest BCUT2D eigenvalue weighted by Crippen LogP contribution is 2.38. The number of hydrogen-bond acceptors (Lipinski definition) is 5. The average molecular weight is 388 g/mol. The van der Waals surface area contributed by atoms with E-state index in [1.54, 1.807) is 12.1 Å². The van der Waals surface area contributed by atoms with Crippen molar-refractivity contribution in [3.05, 3.63) is 41.0 Å². The molecule has 140 valence electrons. The van der Waals surface area contributed by atoms with Crippen LogP contribution in [0.4, 0.5) is 5.82 Å². The number of fused-ring (bicyclic) bond motifs is 1. The van der Waals surface area contributed by atoms with Crippen LogP contribution in [0.3, 0.4) is 0 Å². The molecule has 0 atom stereocenters. The van der Waals surface area contributed by atoms with Crippen molar-refractivity contribution in [2.24, 2.45) is 0 Å². The van der Waals surface area contributed by atoms with Gasteiger partial charge in [-0.05, 0) is 24.3 Å². The Hall–Kier alpha value is -3.06. The quantitative estimate of drug-likeness (QED) is 0.733. The van der Waals surface area contributed by atoms with Crippen LogP contribution in [0.25, 0.3) is 22.0 Å². The summed E-state index contributed by atoms with van der Waals surface area (Å²) in [6, 6.07) is 6.86. The molecule has 0 amide bonds. The molecule has 0 unspecified atom stereocenters. The van der Waals surface area contributed by atoms with E-state index in [0.29, 0.717) is 38.8 Å². The molecule has 1 N–H and O–H groups in total. The molecule has 7 nitrogen and oxygen atoms in total. The van der Waals surface area contributed by atoms with Gasteiger partial charge in [0.05, 0.1) is 23.2 Å². The Morgan fingerprint density at radius 1 is 1.22 bits per heavy atom. The topological polar surface area (TPSA) is 84.7 Å². The van der Waals surface area contributed by atoms with Gasteiger partial charge in [-0.25, -0.2) is 4.79 Å². The van der Waals surface area contributed by atoms with Gasteiger partial charge in [0.1, 0.15) is 5.82 Å². The van der Waals surface area contributed by atoms with Gasteiger partial charge in [-0.2, -0.15) is 4.98 Å². The Kier molecular flexibility index (Phi) is 4.80. The number of rotatable bonds is 4. The molecule has 0 aliphatic heterocycles. The summed E-state index contributed by atoms with van der Waals surface area (Å²) in [5.41, 5.74) is 1.66. The normalized spacial score (nSPS) is 10.9. The highest BCUT2D eigenvalue weighted by Gasteiger charge is 2.20. The lowest BCUT2D eigenvalue weighted by Crippen LogP contribution is -2.11. The van der Waals surface area contributed by atoms with Crippen LogP contribution >= 0.6 is 11.6 Å². The molecule has 0 saturated heterocycles. The predicted octanol–water partition coefficient (Wildman–Crippen LogP) is 3.79. The van der Waals surface area contributed by atoms with Gasteiger partial charge in [-0.15, -0.1) is 0 Å². The minimum Gasteiger partial charge on any atom is -0.480 e. The maximum Gasteiger partial charge on any atom is 0.337 e. The fourth-order valence-corrected chi connectivity index (χ4v) is 3.18. The summed E-state index contributed by atoms with van der Waals surface area (Å²) < 4.78 is 6.68. The smallest absolute Gasteiger partial charge is 0.337 e. The van der Waals surface area contributed by atoms with Crippen molar-refractivity contribution in [1.82, 2.24) is 9.55 Å². The maximum absolute atomic E-state index is 11.9. The molecule has 0 radical (unpaired) electrons. The van der Waals surface area contributed by atoms with E-state index in [2.05, 4.69) is 4.98 Å². The van der Waals surface area contributed by atoms with Crippen LogP contribution in [-0.2, 0) is 0 Å². The number of pyridine rings is 1. The fraction of sp³-hybridized carbons (Fsp3) is 0.211. The summed E-state index contributed by atoms with van der Waals surface area (Å²) in [5, 5.41) is 10.3.